The predicted octanol–water partition coefficient (Wildman–Crippen LogP) is 2.88. The van der Waals surface area contributed by atoms with Crippen LogP contribution in [0.4, 0.5) is 0 Å². The van der Waals surface area contributed by atoms with Gasteiger partial charge >= 0.3 is 5.97 Å². The SMILES string of the molecule is Cc1ccc(-c2nc(C(=O)O)c(CN(C)C)s2)cc1. The highest BCUT2D eigenvalue weighted by Crippen LogP contribution is 2.29. The Balaban J connectivity index is 2.42. The normalized spacial score (nSPS) is 10.9. The summed E-state index contributed by atoms with van der Waals surface area (Å²) in [6.45, 7) is 2.61. The maximum absolute atomic E-state index is 11.2. The molecule has 0 unspecified atom stereocenters. The molecule has 0 saturated heterocycles. The van der Waals surface area contributed by atoms with Crippen LogP contribution in [-0.4, -0.2) is 35.1 Å². The number of thiazole rings is 1. The summed E-state index contributed by atoms with van der Waals surface area (Å²) in [5, 5.41) is 9.97. The summed E-state index contributed by atoms with van der Waals surface area (Å²) >= 11 is 1.44. The van der Waals surface area contributed by atoms with Crippen LogP contribution in [0.1, 0.15) is 20.9 Å². The van der Waals surface area contributed by atoms with Gasteiger partial charge < -0.3 is 10.0 Å². The van der Waals surface area contributed by atoms with Crippen molar-refractivity contribution in [3.8, 4) is 10.6 Å². The largest absolute Gasteiger partial charge is 0.476 e. The van der Waals surface area contributed by atoms with Gasteiger partial charge in [0, 0.05) is 12.1 Å². The Morgan fingerprint density at radius 2 is 1.95 bits per heavy atom. The molecule has 2 rings (SSSR count). The zero-order chi connectivity index (χ0) is 14.0. The number of carbonyl (C=O) groups is 1. The molecule has 2 aromatic rings. The van der Waals surface area contributed by atoms with Gasteiger partial charge in [-0.25, -0.2) is 9.78 Å². The van der Waals surface area contributed by atoms with Gasteiger partial charge in [0.1, 0.15) is 5.01 Å². The summed E-state index contributed by atoms with van der Waals surface area (Å²) < 4.78 is 0. The summed E-state index contributed by atoms with van der Waals surface area (Å²) in [7, 11) is 3.83. The van der Waals surface area contributed by atoms with E-state index in [9.17, 15) is 9.90 Å². The quantitative estimate of drug-likeness (QED) is 0.933. The first kappa shape index (κ1) is 13.7. The number of carboxylic acids is 1. The average Bonchev–Trinajstić information content (AvgIpc) is 2.73. The van der Waals surface area contributed by atoms with E-state index in [0.29, 0.717) is 6.54 Å². The summed E-state index contributed by atoms with van der Waals surface area (Å²) in [4.78, 5) is 18.2. The van der Waals surface area contributed by atoms with Crippen molar-refractivity contribution in [2.24, 2.45) is 0 Å². The van der Waals surface area contributed by atoms with Crippen LogP contribution >= 0.6 is 11.3 Å². The topological polar surface area (TPSA) is 53.4 Å². The van der Waals surface area contributed by atoms with E-state index in [2.05, 4.69) is 4.98 Å². The summed E-state index contributed by atoms with van der Waals surface area (Å²) in [5.74, 6) is -0.966. The van der Waals surface area contributed by atoms with Gasteiger partial charge in [-0.3, -0.25) is 0 Å². The van der Waals surface area contributed by atoms with Crippen LogP contribution in [0.2, 0.25) is 0 Å². The van der Waals surface area contributed by atoms with E-state index in [1.54, 1.807) is 0 Å². The van der Waals surface area contributed by atoms with Crippen molar-refractivity contribution in [1.82, 2.24) is 9.88 Å². The van der Waals surface area contributed by atoms with Gasteiger partial charge in [0.05, 0.1) is 4.88 Å². The van der Waals surface area contributed by atoms with Crippen LogP contribution in [0.3, 0.4) is 0 Å². The number of hydrogen-bond acceptors (Lipinski definition) is 4. The van der Waals surface area contributed by atoms with E-state index in [-0.39, 0.29) is 5.69 Å². The molecule has 0 spiro atoms. The van der Waals surface area contributed by atoms with Crippen LogP contribution < -0.4 is 0 Å². The fraction of sp³-hybridized carbons (Fsp3) is 0.286. The smallest absolute Gasteiger partial charge is 0.355 e. The molecule has 0 aliphatic heterocycles. The van der Waals surface area contributed by atoms with E-state index in [1.165, 1.54) is 16.9 Å². The predicted molar refractivity (Wildman–Crippen MR) is 76.6 cm³/mol. The maximum atomic E-state index is 11.2. The van der Waals surface area contributed by atoms with Gasteiger partial charge in [0.15, 0.2) is 5.69 Å². The molecule has 0 aliphatic rings. The molecule has 0 aliphatic carbocycles. The molecule has 0 amide bonds. The zero-order valence-corrected chi connectivity index (χ0v) is 12.0. The number of aromatic nitrogens is 1. The van der Waals surface area contributed by atoms with E-state index >= 15 is 0 Å². The minimum absolute atomic E-state index is 0.161. The van der Waals surface area contributed by atoms with Gasteiger partial charge in [-0.1, -0.05) is 29.8 Å². The molecule has 100 valence electrons. The number of carboxylic acid groups (broad SMARTS) is 1. The maximum Gasteiger partial charge on any atom is 0.355 e. The molecule has 1 aromatic carbocycles. The third kappa shape index (κ3) is 3.19. The molecule has 0 saturated carbocycles. The Labute approximate surface area is 116 Å². The Bertz CT molecular complexity index is 588. The van der Waals surface area contributed by atoms with Crippen molar-refractivity contribution >= 4 is 17.3 Å². The lowest BCUT2D eigenvalue weighted by atomic mass is 10.2. The number of benzene rings is 1. The van der Waals surface area contributed by atoms with Gasteiger partial charge in [-0.2, -0.15) is 0 Å². The molecule has 0 radical (unpaired) electrons. The minimum atomic E-state index is -0.966. The van der Waals surface area contributed by atoms with Gasteiger partial charge in [-0.15, -0.1) is 11.3 Å². The molecule has 0 atom stereocenters. The van der Waals surface area contributed by atoms with Crippen LogP contribution in [0.15, 0.2) is 24.3 Å². The summed E-state index contributed by atoms with van der Waals surface area (Å²) in [5.41, 5.74) is 2.30. The van der Waals surface area contributed by atoms with Gasteiger partial charge in [0.2, 0.25) is 0 Å². The van der Waals surface area contributed by atoms with Crippen LogP contribution in [-0.2, 0) is 6.54 Å². The molecule has 1 N–H and O–H groups in total. The molecule has 1 heterocycles. The fourth-order valence-electron chi connectivity index (χ4n) is 1.73. The first-order valence-electron chi connectivity index (χ1n) is 5.92. The van der Waals surface area contributed by atoms with Crippen molar-refractivity contribution in [3.05, 3.63) is 40.4 Å². The van der Waals surface area contributed by atoms with Crippen molar-refractivity contribution in [1.29, 1.82) is 0 Å². The van der Waals surface area contributed by atoms with Crippen molar-refractivity contribution in [2.75, 3.05) is 14.1 Å². The molecule has 0 fully saturated rings. The molecule has 1 aromatic heterocycles. The highest BCUT2D eigenvalue weighted by Gasteiger charge is 2.18. The first-order chi connectivity index (χ1) is 8.97. The second-order valence-electron chi connectivity index (χ2n) is 4.70. The zero-order valence-electron chi connectivity index (χ0n) is 11.2. The first-order valence-corrected chi connectivity index (χ1v) is 6.74. The van der Waals surface area contributed by atoms with Crippen LogP contribution in [0.25, 0.3) is 10.6 Å². The third-order valence-electron chi connectivity index (χ3n) is 2.66. The molecule has 5 heteroatoms. The Kier molecular flexibility index (Phi) is 3.97. The average molecular weight is 276 g/mol. The lowest BCUT2D eigenvalue weighted by Gasteiger charge is -2.06. The highest BCUT2D eigenvalue weighted by molar-refractivity contribution is 7.15. The Morgan fingerprint density at radius 1 is 1.32 bits per heavy atom. The molecule has 0 bridgehead atoms. The summed E-state index contributed by atoms with van der Waals surface area (Å²) in [6.07, 6.45) is 0. The third-order valence-corrected chi connectivity index (χ3v) is 3.75. The Hall–Kier alpha value is -1.72. The number of nitrogens with zero attached hydrogens (tertiary/aromatic N) is 2. The number of aromatic carboxylic acids is 1. The van der Waals surface area contributed by atoms with Crippen LogP contribution in [0, 0.1) is 6.92 Å². The second kappa shape index (κ2) is 5.50. The van der Waals surface area contributed by atoms with E-state index in [4.69, 9.17) is 0 Å². The minimum Gasteiger partial charge on any atom is -0.476 e. The number of hydrogen-bond donors (Lipinski definition) is 1. The molecule has 19 heavy (non-hydrogen) atoms. The lowest BCUT2D eigenvalue weighted by Crippen LogP contribution is -2.12. The summed E-state index contributed by atoms with van der Waals surface area (Å²) in [6, 6.07) is 7.95. The van der Waals surface area contributed by atoms with Crippen molar-refractivity contribution in [2.45, 2.75) is 13.5 Å². The fourth-order valence-corrected chi connectivity index (χ4v) is 2.91. The van der Waals surface area contributed by atoms with Gasteiger partial charge in [0.25, 0.3) is 0 Å². The lowest BCUT2D eigenvalue weighted by molar-refractivity contribution is 0.0689. The van der Waals surface area contributed by atoms with Gasteiger partial charge in [-0.05, 0) is 21.0 Å². The molecular formula is C14H16N2O2S. The number of rotatable bonds is 4. The van der Waals surface area contributed by atoms with Crippen LogP contribution in [0.5, 0.6) is 0 Å². The second-order valence-corrected chi connectivity index (χ2v) is 5.78. The number of aryl methyl sites for hydroxylation is 1. The van der Waals surface area contributed by atoms with Crippen molar-refractivity contribution in [3.63, 3.8) is 0 Å². The highest BCUT2D eigenvalue weighted by atomic mass is 32.1. The van der Waals surface area contributed by atoms with Crippen molar-refractivity contribution < 1.29 is 9.90 Å². The molecular weight excluding hydrogens is 260 g/mol. The van der Waals surface area contributed by atoms with E-state index in [0.717, 1.165) is 15.4 Å². The monoisotopic (exact) mass is 276 g/mol. The molecule has 4 nitrogen and oxygen atoms in total. The standard InChI is InChI=1S/C14H16N2O2S/c1-9-4-6-10(7-5-9)13-15-12(14(17)18)11(19-13)8-16(2)3/h4-7H,8H2,1-3H3,(H,17,18). The van der Waals surface area contributed by atoms with E-state index < -0.39 is 5.97 Å². The van der Waals surface area contributed by atoms with E-state index in [1.807, 2.05) is 50.2 Å². The Morgan fingerprint density at radius 3 is 2.47 bits per heavy atom.